The Hall–Kier alpha value is -2.70. The van der Waals surface area contributed by atoms with Crippen LogP contribution in [0.1, 0.15) is 30.0 Å². The van der Waals surface area contributed by atoms with E-state index >= 15 is 0 Å². The Morgan fingerprint density at radius 1 is 1.12 bits per heavy atom. The summed E-state index contributed by atoms with van der Waals surface area (Å²) in [5, 5.41) is 8.40. The molecule has 0 amide bonds. The third-order valence-electron chi connectivity index (χ3n) is 7.18. The van der Waals surface area contributed by atoms with Crippen molar-refractivity contribution in [1.29, 1.82) is 0 Å². The predicted octanol–water partition coefficient (Wildman–Crippen LogP) is 4.20. The lowest BCUT2D eigenvalue weighted by molar-refractivity contribution is 0.0282. The van der Waals surface area contributed by atoms with E-state index in [1.165, 1.54) is 42.8 Å². The number of ether oxygens (including phenoxy) is 1. The summed E-state index contributed by atoms with van der Waals surface area (Å²) in [6, 6.07) is 17.7. The molecule has 6 heteroatoms. The number of hydrogen-bond acceptors (Lipinski definition) is 4. The van der Waals surface area contributed by atoms with Gasteiger partial charge in [0, 0.05) is 49.9 Å². The fourth-order valence-corrected chi connectivity index (χ4v) is 5.40. The number of aromatic nitrogens is 2. The van der Waals surface area contributed by atoms with Crippen molar-refractivity contribution in [2.24, 2.45) is 13.0 Å². The quantitative estimate of drug-likeness (QED) is 0.605. The molecule has 32 heavy (non-hydrogen) atoms. The van der Waals surface area contributed by atoms with Gasteiger partial charge in [0.1, 0.15) is 11.6 Å². The zero-order chi connectivity index (χ0) is 22.1. The van der Waals surface area contributed by atoms with E-state index in [1.54, 1.807) is 7.11 Å². The highest BCUT2D eigenvalue weighted by Crippen LogP contribution is 2.42. The fraction of sp³-hybridized carbons (Fsp3) is 0.423. The van der Waals surface area contributed by atoms with E-state index in [4.69, 9.17) is 9.84 Å². The van der Waals surface area contributed by atoms with Crippen molar-refractivity contribution < 1.29 is 9.13 Å². The number of fused-ring (bicyclic) bond motifs is 3. The predicted molar refractivity (Wildman–Crippen MR) is 124 cm³/mol. The highest BCUT2D eigenvalue weighted by molar-refractivity contribution is 5.59. The molecule has 3 fully saturated rings. The number of halogens is 1. The molecule has 2 aromatic carbocycles. The van der Waals surface area contributed by atoms with Gasteiger partial charge < -0.3 is 10.1 Å². The Bertz CT molecular complexity index is 1050. The second-order valence-electron chi connectivity index (χ2n) is 9.10. The van der Waals surface area contributed by atoms with Gasteiger partial charge in [-0.2, -0.15) is 5.10 Å². The van der Waals surface area contributed by atoms with E-state index in [0.29, 0.717) is 17.9 Å². The maximum Gasteiger partial charge on any atom is 0.123 e. The largest absolute Gasteiger partial charge is 0.497 e. The van der Waals surface area contributed by atoms with Crippen molar-refractivity contribution in [3.63, 3.8) is 0 Å². The minimum atomic E-state index is -0.214. The summed E-state index contributed by atoms with van der Waals surface area (Å²) < 4.78 is 20.6. The minimum Gasteiger partial charge on any atom is -0.497 e. The number of rotatable bonds is 7. The van der Waals surface area contributed by atoms with Crippen LogP contribution in [-0.4, -0.2) is 47.5 Å². The molecule has 3 saturated heterocycles. The number of nitrogens with one attached hydrogen (secondary N) is 1. The molecule has 0 radical (unpaired) electrons. The Morgan fingerprint density at radius 3 is 2.59 bits per heavy atom. The molecule has 4 atom stereocenters. The van der Waals surface area contributed by atoms with Crippen LogP contribution < -0.4 is 10.1 Å². The van der Waals surface area contributed by atoms with Crippen LogP contribution in [-0.2, 0) is 13.6 Å². The van der Waals surface area contributed by atoms with Gasteiger partial charge in [0.2, 0.25) is 0 Å². The maximum atomic E-state index is 13.3. The normalized spacial score (nSPS) is 24.6. The van der Waals surface area contributed by atoms with Crippen molar-refractivity contribution in [3.8, 4) is 17.0 Å². The molecule has 3 aliphatic rings. The average Bonchev–Trinajstić information content (AvgIpc) is 3.22. The van der Waals surface area contributed by atoms with Gasteiger partial charge in [-0.25, -0.2) is 4.39 Å². The molecule has 1 aromatic heterocycles. The summed E-state index contributed by atoms with van der Waals surface area (Å²) in [7, 11) is 3.73. The molecule has 0 aliphatic carbocycles. The summed E-state index contributed by atoms with van der Waals surface area (Å²) in [5.41, 5.74) is 4.47. The van der Waals surface area contributed by atoms with Gasteiger partial charge in [0.25, 0.3) is 0 Å². The first kappa shape index (κ1) is 21.2. The number of methoxy groups -OCH3 is 1. The molecule has 6 rings (SSSR count). The molecule has 168 valence electrons. The van der Waals surface area contributed by atoms with Gasteiger partial charge in [0.05, 0.1) is 12.8 Å². The second-order valence-corrected chi connectivity index (χ2v) is 9.10. The van der Waals surface area contributed by atoms with Crippen molar-refractivity contribution >= 4 is 0 Å². The highest BCUT2D eigenvalue weighted by Gasteiger charge is 2.41. The van der Waals surface area contributed by atoms with Crippen LogP contribution in [0.2, 0.25) is 0 Å². The van der Waals surface area contributed by atoms with E-state index in [0.717, 1.165) is 36.6 Å². The molecule has 1 N–H and O–H groups in total. The van der Waals surface area contributed by atoms with E-state index in [2.05, 4.69) is 28.4 Å². The van der Waals surface area contributed by atoms with Crippen LogP contribution in [0, 0.1) is 11.7 Å². The van der Waals surface area contributed by atoms with Crippen LogP contribution in [0.15, 0.2) is 54.6 Å². The minimum absolute atomic E-state index is 0.214. The average molecular weight is 435 g/mol. The summed E-state index contributed by atoms with van der Waals surface area (Å²) in [6.45, 7) is 4.16. The molecule has 3 aliphatic heterocycles. The van der Waals surface area contributed by atoms with Crippen LogP contribution in [0.5, 0.6) is 5.75 Å². The van der Waals surface area contributed by atoms with E-state index in [1.807, 2.05) is 36.0 Å². The summed E-state index contributed by atoms with van der Waals surface area (Å²) in [4.78, 5) is 2.65. The molecule has 4 unspecified atom stereocenters. The van der Waals surface area contributed by atoms with Gasteiger partial charge >= 0.3 is 0 Å². The Balaban J connectivity index is 1.21. The summed E-state index contributed by atoms with van der Waals surface area (Å²) >= 11 is 0. The van der Waals surface area contributed by atoms with Crippen LogP contribution in [0.25, 0.3) is 11.3 Å². The highest BCUT2D eigenvalue weighted by atomic mass is 19.1. The van der Waals surface area contributed by atoms with Gasteiger partial charge in [-0.3, -0.25) is 9.58 Å². The number of benzene rings is 2. The van der Waals surface area contributed by atoms with Crippen LogP contribution >= 0.6 is 0 Å². The second kappa shape index (κ2) is 9.04. The third kappa shape index (κ3) is 4.30. The van der Waals surface area contributed by atoms with E-state index < -0.39 is 0 Å². The number of piperidine rings is 3. The number of nitrogens with zero attached hydrogens (tertiary/aromatic N) is 3. The van der Waals surface area contributed by atoms with Gasteiger partial charge in [0.15, 0.2) is 0 Å². The number of aryl methyl sites for hydroxylation is 1. The first-order chi connectivity index (χ1) is 15.6. The molecular formula is C26H31FN4O. The lowest BCUT2D eigenvalue weighted by atomic mass is 9.74. The van der Waals surface area contributed by atoms with Crippen molar-refractivity contribution in [1.82, 2.24) is 20.0 Å². The zero-order valence-corrected chi connectivity index (χ0v) is 18.8. The molecule has 2 bridgehead atoms. The fourth-order valence-electron chi connectivity index (χ4n) is 5.40. The van der Waals surface area contributed by atoms with E-state index in [-0.39, 0.29) is 5.82 Å². The zero-order valence-electron chi connectivity index (χ0n) is 18.8. The Labute approximate surface area is 189 Å². The Kier molecular flexibility index (Phi) is 5.98. The molecule has 3 aromatic rings. The summed E-state index contributed by atoms with van der Waals surface area (Å²) in [6.07, 6.45) is 2.47. The smallest absolute Gasteiger partial charge is 0.123 e. The van der Waals surface area contributed by atoms with Gasteiger partial charge in [-0.15, -0.1) is 0 Å². The molecule has 0 saturated carbocycles. The van der Waals surface area contributed by atoms with Crippen molar-refractivity contribution in [2.75, 3.05) is 26.7 Å². The monoisotopic (exact) mass is 434 g/mol. The van der Waals surface area contributed by atoms with E-state index in [9.17, 15) is 4.39 Å². The van der Waals surface area contributed by atoms with Crippen molar-refractivity contribution in [2.45, 2.75) is 31.3 Å². The Morgan fingerprint density at radius 2 is 1.91 bits per heavy atom. The first-order valence-corrected chi connectivity index (χ1v) is 11.5. The lowest BCUT2D eigenvalue weighted by Crippen LogP contribution is -2.55. The first-order valence-electron chi connectivity index (χ1n) is 11.5. The molecule has 5 nitrogen and oxygen atoms in total. The molecule has 4 heterocycles. The molecular weight excluding hydrogens is 403 g/mol. The SMILES string of the molecule is COc1ccc(CNCC2CC3CCN2CC3c2cc(-c3ccc(F)cc3)nn2C)cc1. The topological polar surface area (TPSA) is 42.3 Å². The van der Waals surface area contributed by atoms with Gasteiger partial charge in [-0.05, 0) is 73.3 Å². The van der Waals surface area contributed by atoms with Crippen LogP contribution in [0.4, 0.5) is 4.39 Å². The summed E-state index contributed by atoms with van der Waals surface area (Å²) in [5.74, 6) is 1.87. The van der Waals surface area contributed by atoms with Gasteiger partial charge in [-0.1, -0.05) is 12.1 Å². The number of hydrogen-bond donors (Lipinski definition) is 1. The standard InChI is InChI=1S/C26H31FN4O/c1-30-26(14-25(29-30)19-5-7-21(27)8-6-19)24-17-31-12-11-20(24)13-22(31)16-28-15-18-3-9-23(32-2)10-4-18/h3-10,14,20,22,24,28H,11-13,15-17H2,1-2H3. The maximum absolute atomic E-state index is 13.3. The van der Waals surface area contributed by atoms with Crippen molar-refractivity contribution in [3.05, 3.63) is 71.7 Å². The van der Waals surface area contributed by atoms with Crippen LogP contribution in [0.3, 0.4) is 0 Å². The third-order valence-corrected chi connectivity index (χ3v) is 7.18. The molecule has 0 spiro atoms. The lowest BCUT2D eigenvalue weighted by Gasteiger charge is -2.50.